The van der Waals surface area contributed by atoms with Gasteiger partial charge >= 0.3 is 0 Å². The Kier molecular flexibility index (Phi) is 6.17. The van der Waals surface area contributed by atoms with E-state index in [0.717, 1.165) is 5.56 Å². The number of fused-ring (bicyclic) bond motifs is 3. The third kappa shape index (κ3) is 3.63. The summed E-state index contributed by atoms with van der Waals surface area (Å²) in [5.41, 5.74) is 4.38. The molecular formula is C29H28N2O8. The molecule has 2 aromatic carbocycles. The first-order chi connectivity index (χ1) is 18.3. The first kappa shape index (κ1) is 26.6. The van der Waals surface area contributed by atoms with Gasteiger partial charge in [0.15, 0.2) is 34.7 Å². The molecule has 1 amide bonds. The quantitative estimate of drug-likeness (QED) is 0.401. The van der Waals surface area contributed by atoms with Gasteiger partial charge in [0.1, 0.15) is 5.75 Å². The van der Waals surface area contributed by atoms with Gasteiger partial charge in [0.05, 0.1) is 29.5 Å². The highest BCUT2D eigenvalue weighted by Crippen LogP contribution is 2.54. The van der Waals surface area contributed by atoms with Crippen molar-refractivity contribution >= 4 is 40.7 Å². The summed E-state index contributed by atoms with van der Waals surface area (Å²) in [7, 11) is 2.89. The maximum absolute atomic E-state index is 14.1. The Morgan fingerprint density at radius 1 is 1.03 bits per heavy atom. The molecule has 0 saturated heterocycles. The van der Waals surface area contributed by atoms with E-state index >= 15 is 0 Å². The largest absolute Gasteiger partial charge is 0.507 e. The maximum Gasteiger partial charge on any atom is 0.235 e. The number of aromatic hydroxyl groups is 1. The normalized spacial score (nSPS) is 33.1. The van der Waals surface area contributed by atoms with Crippen LogP contribution in [-0.4, -0.2) is 81.1 Å². The number of ketones is 4. The number of hydrogen-bond donors (Lipinski definition) is 4. The van der Waals surface area contributed by atoms with Crippen LogP contribution in [0.4, 0.5) is 0 Å². The molecule has 3 aliphatic rings. The molecular weight excluding hydrogens is 504 g/mol. The predicted octanol–water partition coefficient (Wildman–Crippen LogP) is 0.144. The number of primary amides is 1. The Bertz CT molecular complexity index is 1480. The third-order valence-corrected chi connectivity index (χ3v) is 8.27. The fourth-order valence-corrected chi connectivity index (χ4v) is 6.51. The molecule has 7 atom stereocenters. The number of hydrogen-bond acceptors (Lipinski definition) is 9. The minimum absolute atomic E-state index is 0.186. The number of carbonyl (C=O) groups is 5. The number of Topliss-reactive ketones (excluding diaryl/α,β-unsaturated/α-hetero) is 4. The number of benzene rings is 2. The maximum atomic E-state index is 14.1. The number of aliphatic hydroxyl groups excluding tert-OH is 1. The van der Waals surface area contributed by atoms with E-state index in [-0.39, 0.29) is 11.1 Å². The van der Waals surface area contributed by atoms with Gasteiger partial charge in [-0.3, -0.25) is 28.9 Å². The summed E-state index contributed by atoms with van der Waals surface area (Å²) in [6.07, 6.45) is -0.0746. The van der Waals surface area contributed by atoms with Gasteiger partial charge in [-0.15, -0.1) is 0 Å². The van der Waals surface area contributed by atoms with Crippen molar-refractivity contribution in [2.75, 3.05) is 14.1 Å². The van der Waals surface area contributed by atoms with Gasteiger partial charge in [-0.2, -0.15) is 0 Å². The Hall–Kier alpha value is -3.99. The molecule has 0 aliphatic heterocycles. The number of nitrogens with two attached hydrogens (primary N) is 1. The third-order valence-electron chi connectivity index (χ3n) is 8.27. The lowest BCUT2D eigenvalue weighted by Gasteiger charge is -2.55. The van der Waals surface area contributed by atoms with E-state index in [1.165, 1.54) is 31.1 Å². The van der Waals surface area contributed by atoms with E-state index in [9.17, 15) is 39.3 Å². The summed E-state index contributed by atoms with van der Waals surface area (Å²) < 4.78 is 0. The van der Waals surface area contributed by atoms with E-state index in [2.05, 4.69) is 0 Å². The minimum Gasteiger partial charge on any atom is -0.507 e. The standard InChI is InChI=1S/C29H28N2O8/c1-12-7-9-13(10-8-12)11-15-14-5-4-6-16(32)17(14)23(33)19-18(15)24(34)21-22(31(2)3)25(35)20(28(30)38)27(37)29(21,39)26(19)36/h4-11,18-22,24,32,34,39H,1-3H3,(H2,30,38)/t18-,19?,20?,21-,22+,24+,29+/m0/s1. The second-order valence-corrected chi connectivity index (χ2v) is 10.7. The number of likely N-dealkylation sites (N-methyl/N-ethyl adjacent to an activating group) is 1. The summed E-state index contributed by atoms with van der Waals surface area (Å²) in [6.45, 7) is 1.90. The predicted molar refractivity (Wildman–Crippen MR) is 138 cm³/mol. The van der Waals surface area contributed by atoms with Crippen molar-refractivity contribution in [3.63, 3.8) is 0 Å². The first-order valence-electron chi connectivity index (χ1n) is 12.5. The number of amides is 1. The second kappa shape index (κ2) is 9.04. The van der Waals surface area contributed by atoms with E-state index in [4.69, 9.17) is 5.73 Å². The van der Waals surface area contributed by atoms with Crippen LogP contribution in [0, 0.1) is 30.6 Å². The van der Waals surface area contributed by atoms with Crippen LogP contribution in [0.5, 0.6) is 5.75 Å². The van der Waals surface area contributed by atoms with Crippen molar-refractivity contribution < 1.29 is 39.3 Å². The molecule has 2 unspecified atom stereocenters. The van der Waals surface area contributed by atoms with Crippen molar-refractivity contribution in [3.05, 3.63) is 64.7 Å². The molecule has 5 N–H and O–H groups in total. The Labute approximate surface area is 223 Å². The molecule has 5 rings (SSSR count). The lowest BCUT2D eigenvalue weighted by molar-refractivity contribution is -0.192. The van der Waals surface area contributed by atoms with Crippen molar-refractivity contribution in [2.24, 2.45) is 29.4 Å². The molecule has 2 aromatic rings. The SMILES string of the molecule is Cc1ccc(C=C2c3cccc(O)c3C(=O)C3C(=O)[C@@]4(O)C(=O)C(C(N)=O)C(=O)[C@H](N(C)C)[C@H]4[C@H](O)[C@@H]23)cc1. The van der Waals surface area contributed by atoms with E-state index in [1.807, 2.05) is 19.1 Å². The van der Waals surface area contributed by atoms with Crippen LogP contribution in [0.2, 0.25) is 0 Å². The number of carbonyl (C=O) groups excluding carboxylic acids is 5. The van der Waals surface area contributed by atoms with Crippen molar-refractivity contribution in [1.82, 2.24) is 4.90 Å². The topological polar surface area (TPSA) is 175 Å². The lowest BCUT2D eigenvalue weighted by atomic mass is 9.50. The summed E-state index contributed by atoms with van der Waals surface area (Å²) in [6, 6.07) is 10.2. The highest BCUT2D eigenvalue weighted by Gasteiger charge is 2.72. The summed E-state index contributed by atoms with van der Waals surface area (Å²) >= 11 is 0. The number of aryl methyl sites for hydroxylation is 1. The molecule has 202 valence electrons. The Morgan fingerprint density at radius 2 is 1.67 bits per heavy atom. The zero-order valence-electron chi connectivity index (χ0n) is 21.5. The summed E-state index contributed by atoms with van der Waals surface area (Å²) in [5.74, 6) is -13.1. The van der Waals surface area contributed by atoms with Crippen LogP contribution in [0.25, 0.3) is 11.6 Å². The van der Waals surface area contributed by atoms with Crippen LogP contribution < -0.4 is 5.73 Å². The molecule has 0 aromatic heterocycles. The van der Waals surface area contributed by atoms with Crippen LogP contribution in [0.15, 0.2) is 42.5 Å². The smallest absolute Gasteiger partial charge is 0.235 e. The van der Waals surface area contributed by atoms with Gasteiger partial charge in [0, 0.05) is 5.92 Å². The molecule has 0 spiro atoms. The Morgan fingerprint density at radius 3 is 2.26 bits per heavy atom. The van der Waals surface area contributed by atoms with Crippen LogP contribution in [0.1, 0.15) is 27.0 Å². The highest BCUT2D eigenvalue weighted by molar-refractivity contribution is 6.33. The summed E-state index contributed by atoms with van der Waals surface area (Å²) in [5, 5.41) is 34.2. The molecule has 3 aliphatic carbocycles. The molecule has 10 nitrogen and oxygen atoms in total. The first-order valence-corrected chi connectivity index (χ1v) is 12.5. The molecule has 0 radical (unpaired) electrons. The van der Waals surface area contributed by atoms with Crippen molar-refractivity contribution in [2.45, 2.75) is 24.7 Å². The Balaban J connectivity index is 1.79. The van der Waals surface area contributed by atoms with Gasteiger partial charge < -0.3 is 21.1 Å². The van der Waals surface area contributed by atoms with Crippen molar-refractivity contribution in [3.8, 4) is 5.75 Å². The zero-order chi connectivity index (χ0) is 28.5. The monoisotopic (exact) mass is 532 g/mol. The average Bonchev–Trinajstić information content (AvgIpc) is 2.86. The van der Waals surface area contributed by atoms with E-state index in [1.54, 1.807) is 24.3 Å². The van der Waals surface area contributed by atoms with E-state index in [0.29, 0.717) is 11.1 Å². The average molecular weight is 533 g/mol. The molecule has 0 bridgehead atoms. The molecule has 39 heavy (non-hydrogen) atoms. The number of rotatable bonds is 3. The van der Waals surface area contributed by atoms with Crippen LogP contribution >= 0.6 is 0 Å². The highest BCUT2D eigenvalue weighted by atomic mass is 16.3. The number of phenolic OH excluding ortho intramolecular Hbond substituents is 1. The fourth-order valence-electron chi connectivity index (χ4n) is 6.51. The van der Waals surface area contributed by atoms with Gasteiger partial charge in [-0.25, -0.2) is 0 Å². The van der Waals surface area contributed by atoms with Gasteiger partial charge in [-0.05, 0) is 43.8 Å². The number of aliphatic hydroxyl groups is 2. The number of phenols is 1. The van der Waals surface area contributed by atoms with Gasteiger partial charge in [0.25, 0.3) is 0 Å². The van der Waals surface area contributed by atoms with Crippen LogP contribution in [0.3, 0.4) is 0 Å². The zero-order valence-corrected chi connectivity index (χ0v) is 21.5. The van der Waals surface area contributed by atoms with E-state index < -0.39 is 76.2 Å². The lowest BCUT2D eigenvalue weighted by Crippen LogP contribution is -2.77. The number of nitrogens with zero attached hydrogens (tertiary/aromatic N) is 1. The van der Waals surface area contributed by atoms with Crippen LogP contribution in [-0.2, 0) is 19.2 Å². The van der Waals surface area contributed by atoms with Gasteiger partial charge in [-0.1, -0.05) is 48.0 Å². The molecule has 0 heterocycles. The molecule has 2 fully saturated rings. The molecule has 10 heteroatoms. The summed E-state index contributed by atoms with van der Waals surface area (Å²) in [4.78, 5) is 68.1. The minimum atomic E-state index is -3.05. The van der Waals surface area contributed by atoms with Gasteiger partial charge in [0.2, 0.25) is 5.91 Å². The molecule has 2 saturated carbocycles. The van der Waals surface area contributed by atoms with Crippen molar-refractivity contribution in [1.29, 1.82) is 0 Å². The fraction of sp³-hybridized carbons (Fsp3) is 0.345. The second-order valence-electron chi connectivity index (χ2n) is 10.7.